The molecular formula is C17H26O2. The first-order valence-corrected chi connectivity index (χ1v) is 6.66. The minimum absolute atomic E-state index is 0.0304. The van der Waals surface area contributed by atoms with Gasteiger partial charge in [0.25, 0.3) is 0 Å². The van der Waals surface area contributed by atoms with E-state index in [0.29, 0.717) is 0 Å². The molecule has 1 unspecified atom stereocenters. The van der Waals surface area contributed by atoms with Crippen LogP contribution in [0.2, 0.25) is 0 Å². The molecule has 0 aromatic heterocycles. The van der Waals surface area contributed by atoms with Crippen molar-refractivity contribution < 1.29 is 9.53 Å². The van der Waals surface area contributed by atoms with Crippen LogP contribution in [0.5, 0.6) is 0 Å². The van der Waals surface area contributed by atoms with Crippen LogP contribution >= 0.6 is 0 Å². The Morgan fingerprint density at radius 2 is 1.84 bits per heavy atom. The molecule has 0 aliphatic heterocycles. The Morgan fingerprint density at radius 3 is 2.32 bits per heavy atom. The second-order valence-electron chi connectivity index (χ2n) is 5.56. The van der Waals surface area contributed by atoms with Gasteiger partial charge in [-0.25, -0.2) is 4.79 Å². The van der Waals surface area contributed by atoms with Gasteiger partial charge >= 0.3 is 5.97 Å². The first-order valence-electron chi connectivity index (χ1n) is 6.66. The molecular weight excluding hydrogens is 236 g/mol. The van der Waals surface area contributed by atoms with Crippen LogP contribution in [-0.2, 0) is 9.53 Å². The monoisotopic (exact) mass is 262 g/mol. The van der Waals surface area contributed by atoms with E-state index in [1.54, 1.807) is 12.2 Å². The Kier molecular flexibility index (Phi) is 7.81. The van der Waals surface area contributed by atoms with Gasteiger partial charge in [-0.05, 0) is 18.8 Å². The van der Waals surface area contributed by atoms with E-state index in [9.17, 15) is 4.79 Å². The van der Waals surface area contributed by atoms with Crippen molar-refractivity contribution in [3.8, 4) is 0 Å². The maximum Gasteiger partial charge on any atom is 0.331 e. The van der Waals surface area contributed by atoms with E-state index in [-0.39, 0.29) is 17.5 Å². The largest absolute Gasteiger partial charge is 0.459 e. The van der Waals surface area contributed by atoms with Gasteiger partial charge in [-0.15, -0.1) is 0 Å². The molecule has 0 aromatic rings. The fourth-order valence-electron chi connectivity index (χ4n) is 1.63. The van der Waals surface area contributed by atoms with E-state index in [1.807, 2.05) is 32.1 Å². The first-order chi connectivity index (χ1) is 8.81. The molecule has 2 nitrogen and oxygen atoms in total. The van der Waals surface area contributed by atoms with Gasteiger partial charge in [-0.2, -0.15) is 0 Å². The van der Waals surface area contributed by atoms with Crippen LogP contribution in [0.15, 0.2) is 48.6 Å². The van der Waals surface area contributed by atoms with Crippen LogP contribution in [-0.4, -0.2) is 12.1 Å². The van der Waals surface area contributed by atoms with Crippen LogP contribution in [0.25, 0.3) is 0 Å². The number of hydrogen-bond donors (Lipinski definition) is 0. The number of rotatable bonds is 6. The summed E-state index contributed by atoms with van der Waals surface area (Å²) >= 11 is 0. The van der Waals surface area contributed by atoms with Crippen molar-refractivity contribution in [2.24, 2.45) is 5.41 Å². The summed E-state index contributed by atoms with van der Waals surface area (Å²) < 4.78 is 5.43. The Morgan fingerprint density at radius 1 is 1.26 bits per heavy atom. The minimum Gasteiger partial charge on any atom is -0.459 e. The predicted octanol–water partition coefficient (Wildman–Crippen LogP) is 4.60. The lowest BCUT2D eigenvalue weighted by Crippen LogP contribution is -2.30. The zero-order chi connectivity index (χ0) is 14.9. The maximum absolute atomic E-state index is 11.7. The first kappa shape index (κ1) is 17.4. The molecule has 0 spiro atoms. The molecule has 0 bridgehead atoms. The van der Waals surface area contributed by atoms with Crippen LogP contribution in [0.1, 0.15) is 41.0 Å². The van der Waals surface area contributed by atoms with E-state index in [0.717, 1.165) is 12.0 Å². The van der Waals surface area contributed by atoms with Crippen molar-refractivity contribution in [3.63, 3.8) is 0 Å². The molecule has 19 heavy (non-hydrogen) atoms. The van der Waals surface area contributed by atoms with E-state index in [1.165, 1.54) is 6.08 Å². The van der Waals surface area contributed by atoms with Gasteiger partial charge < -0.3 is 4.74 Å². The summed E-state index contributed by atoms with van der Waals surface area (Å²) in [6, 6.07) is 0. The second kappa shape index (κ2) is 8.52. The van der Waals surface area contributed by atoms with E-state index < -0.39 is 0 Å². The predicted molar refractivity (Wildman–Crippen MR) is 81.9 cm³/mol. The van der Waals surface area contributed by atoms with E-state index >= 15 is 0 Å². The summed E-state index contributed by atoms with van der Waals surface area (Å²) in [4.78, 5) is 11.7. The van der Waals surface area contributed by atoms with Gasteiger partial charge in [0.05, 0.1) is 0 Å². The average Bonchev–Trinajstić information content (AvgIpc) is 2.30. The van der Waals surface area contributed by atoms with Crippen molar-refractivity contribution in [2.45, 2.75) is 47.1 Å². The van der Waals surface area contributed by atoms with E-state index in [2.05, 4.69) is 27.4 Å². The van der Waals surface area contributed by atoms with Crippen LogP contribution in [0, 0.1) is 5.41 Å². The topological polar surface area (TPSA) is 26.3 Å². The summed E-state index contributed by atoms with van der Waals surface area (Å²) in [6.07, 6.45) is 11.3. The number of esters is 1. The molecule has 0 aliphatic carbocycles. The lowest BCUT2D eigenvalue weighted by Gasteiger charge is -2.28. The van der Waals surface area contributed by atoms with Crippen molar-refractivity contribution in [2.75, 3.05) is 0 Å². The molecule has 0 rings (SSSR count). The molecule has 0 amide bonds. The van der Waals surface area contributed by atoms with Crippen molar-refractivity contribution in [3.05, 3.63) is 48.6 Å². The zero-order valence-corrected chi connectivity index (χ0v) is 12.8. The second-order valence-corrected chi connectivity index (χ2v) is 5.56. The van der Waals surface area contributed by atoms with Gasteiger partial charge in [0.15, 0.2) is 0 Å². The quantitative estimate of drug-likeness (QED) is 0.397. The number of allylic oxidation sites excluding steroid dienone is 6. The summed E-state index contributed by atoms with van der Waals surface area (Å²) in [6.45, 7) is 13.8. The van der Waals surface area contributed by atoms with Crippen LogP contribution < -0.4 is 0 Å². The minimum atomic E-state index is -0.295. The van der Waals surface area contributed by atoms with Crippen molar-refractivity contribution in [1.29, 1.82) is 0 Å². The number of ether oxygens (including phenoxy) is 1. The zero-order valence-electron chi connectivity index (χ0n) is 12.8. The van der Waals surface area contributed by atoms with Gasteiger partial charge in [-0.3, -0.25) is 0 Å². The molecule has 0 radical (unpaired) electrons. The third kappa shape index (κ3) is 8.20. The van der Waals surface area contributed by atoms with Gasteiger partial charge in [-0.1, -0.05) is 70.2 Å². The third-order valence-corrected chi connectivity index (χ3v) is 2.68. The molecule has 0 aliphatic rings. The highest BCUT2D eigenvalue weighted by atomic mass is 16.5. The summed E-state index contributed by atoms with van der Waals surface area (Å²) in [7, 11) is 0. The summed E-state index contributed by atoms with van der Waals surface area (Å²) in [5.41, 5.74) is 1.05. The average molecular weight is 262 g/mol. The van der Waals surface area contributed by atoms with Crippen molar-refractivity contribution >= 4 is 5.97 Å². The fourth-order valence-corrected chi connectivity index (χ4v) is 1.63. The molecule has 106 valence electrons. The third-order valence-electron chi connectivity index (χ3n) is 2.68. The molecule has 2 heteroatoms. The van der Waals surface area contributed by atoms with Gasteiger partial charge in [0.1, 0.15) is 6.10 Å². The van der Waals surface area contributed by atoms with Gasteiger partial charge in [0, 0.05) is 6.08 Å². The lowest BCUT2D eigenvalue weighted by molar-refractivity contribution is -0.148. The Labute approximate surface area is 117 Å². The van der Waals surface area contributed by atoms with Crippen molar-refractivity contribution in [1.82, 2.24) is 0 Å². The van der Waals surface area contributed by atoms with Crippen LogP contribution in [0.4, 0.5) is 0 Å². The highest BCUT2D eigenvalue weighted by Gasteiger charge is 2.25. The highest BCUT2D eigenvalue weighted by Crippen LogP contribution is 2.24. The highest BCUT2D eigenvalue weighted by molar-refractivity contribution is 5.82. The molecule has 0 saturated carbocycles. The Hall–Kier alpha value is -1.57. The standard InChI is InChI=1S/C17H26O2/c1-7-11-14(3)12-9-10-13-16(18)19-15(8-2)17(4,5)6/h7,9-13,15H,1,8H2,2-6H3. The SMILES string of the molecule is C=CC=C(C)C=CC=CC(=O)OC(CC)C(C)(C)C. The normalized spacial score (nSPS) is 14.9. The lowest BCUT2D eigenvalue weighted by atomic mass is 9.87. The van der Waals surface area contributed by atoms with Crippen LogP contribution in [0.3, 0.4) is 0 Å². The Balaban J connectivity index is 4.39. The molecule has 0 fully saturated rings. The number of carbonyl (C=O) groups excluding carboxylic acids is 1. The smallest absolute Gasteiger partial charge is 0.331 e. The fraction of sp³-hybridized carbons (Fsp3) is 0.471. The van der Waals surface area contributed by atoms with Gasteiger partial charge in [0.2, 0.25) is 0 Å². The number of carbonyl (C=O) groups is 1. The maximum atomic E-state index is 11.7. The Bertz CT molecular complexity index is 379. The molecule has 0 heterocycles. The molecule has 0 aromatic carbocycles. The number of hydrogen-bond acceptors (Lipinski definition) is 2. The summed E-state index contributed by atoms with van der Waals surface area (Å²) in [5.74, 6) is -0.295. The molecule has 0 saturated heterocycles. The molecule has 0 N–H and O–H groups in total. The molecule has 1 atom stereocenters. The van der Waals surface area contributed by atoms with E-state index in [4.69, 9.17) is 4.74 Å². The summed E-state index contributed by atoms with van der Waals surface area (Å²) in [5, 5.41) is 0.